The van der Waals surface area contributed by atoms with Crippen LogP contribution in [0.3, 0.4) is 0 Å². The highest BCUT2D eigenvalue weighted by Crippen LogP contribution is 2.28. The van der Waals surface area contributed by atoms with Gasteiger partial charge in [-0.05, 0) is 24.6 Å². The summed E-state index contributed by atoms with van der Waals surface area (Å²) in [6.45, 7) is 2.38. The van der Waals surface area contributed by atoms with Gasteiger partial charge in [0.05, 0.1) is 6.61 Å². The third-order valence-corrected chi connectivity index (χ3v) is 4.19. The number of hydrogen-bond acceptors (Lipinski definition) is 4. The Morgan fingerprint density at radius 1 is 1.28 bits per heavy atom. The molecule has 0 atom stereocenters. The van der Waals surface area contributed by atoms with Gasteiger partial charge < -0.3 is 14.1 Å². The third-order valence-electron chi connectivity index (χ3n) is 4.19. The lowest BCUT2D eigenvalue weighted by atomic mass is 10.1. The van der Waals surface area contributed by atoms with Gasteiger partial charge in [-0.3, -0.25) is 4.79 Å². The number of alkyl halides is 2. The molecule has 2 aromatic rings. The summed E-state index contributed by atoms with van der Waals surface area (Å²) in [6, 6.07) is 6.47. The molecule has 0 spiro atoms. The molecular formula is C18H19F2NO4. The van der Waals surface area contributed by atoms with E-state index in [0.29, 0.717) is 23.3 Å². The molecule has 0 saturated carbocycles. The molecule has 0 bridgehead atoms. The minimum Gasteiger partial charge on any atom is -0.493 e. The number of rotatable bonds is 4. The van der Waals surface area contributed by atoms with E-state index in [1.54, 1.807) is 18.2 Å². The standard InChI is InChI=1S/C18H19F2NO4/c1-2-9-24-13-4-3-12-10-14(17(23)25-15(12)11-13)16(22)21-7-5-18(19,20)6-8-21/h3-4,10-11H,2,5-9H2,1H3. The molecule has 7 heteroatoms. The van der Waals surface area contributed by atoms with Crippen molar-refractivity contribution < 1.29 is 22.7 Å². The van der Waals surface area contributed by atoms with Crippen molar-refractivity contribution in [3.05, 3.63) is 40.2 Å². The van der Waals surface area contributed by atoms with Gasteiger partial charge in [0.15, 0.2) is 0 Å². The van der Waals surface area contributed by atoms with Gasteiger partial charge in [0, 0.05) is 37.4 Å². The lowest BCUT2D eigenvalue weighted by Gasteiger charge is -2.31. The van der Waals surface area contributed by atoms with Gasteiger partial charge in [-0.15, -0.1) is 0 Å². The molecule has 1 amide bonds. The van der Waals surface area contributed by atoms with Crippen molar-refractivity contribution in [3.63, 3.8) is 0 Å². The summed E-state index contributed by atoms with van der Waals surface area (Å²) in [6.07, 6.45) is 0.0653. The van der Waals surface area contributed by atoms with Crippen molar-refractivity contribution >= 4 is 16.9 Å². The van der Waals surface area contributed by atoms with Crippen LogP contribution in [0.4, 0.5) is 8.78 Å². The molecule has 1 aliphatic heterocycles. The number of piperidine rings is 1. The third kappa shape index (κ3) is 3.81. The molecule has 1 saturated heterocycles. The average Bonchev–Trinajstić information content (AvgIpc) is 2.58. The number of fused-ring (bicyclic) bond motifs is 1. The van der Waals surface area contributed by atoms with Crippen LogP contribution in [0, 0.1) is 0 Å². The summed E-state index contributed by atoms with van der Waals surface area (Å²) in [5.41, 5.74) is -0.595. The normalized spacial score (nSPS) is 16.8. The Hall–Kier alpha value is -2.44. The van der Waals surface area contributed by atoms with E-state index in [1.807, 2.05) is 6.92 Å². The molecule has 25 heavy (non-hydrogen) atoms. The quantitative estimate of drug-likeness (QED) is 0.792. The van der Waals surface area contributed by atoms with Crippen LogP contribution in [0.2, 0.25) is 0 Å². The predicted molar refractivity (Wildman–Crippen MR) is 88.4 cm³/mol. The van der Waals surface area contributed by atoms with Gasteiger partial charge in [0.25, 0.3) is 11.8 Å². The molecule has 0 unspecified atom stereocenters. The van der Waals surface area contributed by atoms with Crippen LogP contribution in [0.25, 0.3) is 11.0 Å². The number of carbonyl (C=O) groups is 1. The Kier molecular flexibility index (Phi) is 4.74. The van der Waals surface area contributed by atoms with E-state index in [4.69, 9.17) is 9.15 Å². The molecule has 3 rings (SSSR count). The van der Waals surface area contributed by atoms with Crippen molar-refractivity contribution in [2.24, 2.45) is 0 Å². The van der Waals surface area contributed by atoms with E-state index < -0.39 is 30.3 Å². The van der Waals surface area contributed by atoms with E-state index >= 15 is 0 Å². The van der Waals surface area contributed by atoms with E-state index in [-0.39, 0.29) is 18.7 Å². The number of benzene rings is 1. The highest BCUT2D eigenvalue weighted by molar-refractivity contribution is 5.96. The summed E-state index contributed by atoms with van der Waals surface area (Å²) in [7, 11) is 0. The molecule has 0 radical (unpaired) electrons. The Labute approximate surface area is 143 Å². The fourth-order valence-electron chi connectivity index (χ4n) is 2.76. The Morgan fingerprint density at radius 2 is 2.00 bits per heavy atom. The summed E-state index contributed by atoms with van der Waals surface area (Å²) < 4.78 is 37.2. The second kappa shape index (κ2) is 6.82. The zero-order valence-corrected chi connectivity index (χ0v) is 13.9. The maximum absolute atomic E-state index is 13.2. The van der Waals surface area contributed by atoms with Crippen LogP contribution in [-0.2, 0) is 0 Å². The minimum atomic E-state index is -2.75. The van der Waals surface area contributed by atoms with Crippen molar-refractivity contribution in [2.45, 2.75) is 32.1 Å². The number of carbonyl (C=O) groups excluding carboxylic acids is 1. The average molecular weight is 351 g/mol. The fourth-order valence-corrected chi connectivity index (χ4v) is 2.76. The van der Waals surface area contributed by atoms with Gasteiger partial charge in [-0.2, -0.15) is 0 Å². The molecule has 5 nitrogen and oxygen atoms in total. The number of amides is 1. The zero-order valence-electron chi connectivity index (χ0n) is 13.9. The second-order valence-corrected chi connectivity index (χ2v) is 6.14. The maximum atomic E-state index is 13.2. The van der Waals surface area contributed by atoms with E-state index in [2.05, 4.69) is 0 Å². The van der Waals surface area contributed by atoms with Crippen LogP contribution in [0.5, 0.6) is 5.75 Å². The molecule has 1 aliphatic rings. The Balaban J connectivity index is 1.86. The van der Waals surface area contributed by atoms with E-state index in [1.165, 1.54) is 11.0 Å². The summed E-state index contributed by atoms with van der Waals surface area (Å²) in [4.78, 5) is 25.9. The van der Waals surface area contributed by atoms with Gasteiger partial charge in [-0.25, -0.2) is 13.6 Å². The Bertz CT molecular complexity index is 837. The number of likely N-dealkylation sites (tertiary alicyclic amines) is 1. The predicted octanol–water partition coefficient (Wildman–Crippen LogP) is 3.45. The molecule has 0 aliphatic carbocycles. The van der Waals surface area contributed by atoms with Crippen LogP contribution in [0.1, 0.15) is 36.5 Å². The van der Waals surface area contributed by atoms with Gasteiger partial charge in [0.1, 0.15) is 16.9 Å². The maximum Gasteiger partial charge on any atom is 0.349 e. The van der Waals surface area contributed by atoms with Crippen molar-refractivity contribution in [3.8, 4) is 5.75 Å². The number of ether oxygens (including phenoxy) is 1. The topological polar surface area (TPSA) is 59.8 Å². The molecule has 134 valence electrons. The van der Waals surface area contributed by atoms with E-state index in [0.717, 1.165) is 6.42 Å². The van der Waals surface area contributed by atoms with Crippen molar-refractivity contribution in [2.75, 3.05) is 19.7 Å². The molecule has 0 N–H and O–H groups in total. The van der Waals surface area contributed by atoms with Crippen LogP contribution in [0.15, 0.2) is 33.5 Å². The first-order chi connectivity index (χ1) is 11.9. The first-order valence-electron chi connectivity index (χ1n) is 8.27. The lowest BCUT2D eigenvalue weighted by Crippen LogP contribution is -2.43. The van der Waals surface area contributed by atoms with Crippen molar-refractivity contribution in [1.82, 2.24) is 4.90 Å². The summed E-state index contributed by atoms with van der Waals surface area (Å²) >= 11 is 0. The highest BCUT2D eigenvalue weighted by atomic mass is 19.3. The number of nitrogens with zero attached hydrogens (tertiary/aromatic N) is 1. The van der Waals surface area contributed by atoms with Crippen molar-refractivity contribution in [1.29, 1.82) is 0 Å². The monoisotopic (exact) mass is 351 g/mol. The number of halogens is 2. The van der Waals surface area contributed by atoms with Gasteiger partial charge >= 0.3 is 5.63 Å². The summed E-state index contributed by atoms with van der Waals surface area (Å²) in [5, 5.41) is 0.578. The smallest absolute Gasteiger partial charge is 0.349 e. The number of hydrogen-bond donors (Lipinski definition) is 0. The molecule has 2 heterocycles. The highest BCUT2D eigenvalue weighted by Gasteiger charge is 2.36. The van der Waals surface area contributed by atoms with Crippen LogP contribution in [-0.4, -0.2) is 36.4 Å². The van der Waals surface area contributed by atoms with Gasteiger partial charge in [-0.1, -0.05) is 6.92 Å². The molecule has 1 aromatic carbocycles. The molecule has 1 aromatic heterocycles. The minimum absolute atomic E-state index is 0.0763. The SMILES string of the molecule is CCCOc1ccc2cc(C(=O)N3CCC(F)(F)CC3)c(=O)oc2c1. The van der Waals surface area contributed by atoms with Crippen LogP contribution >= 0.6 is 0 Å². The fraction of sp³-hybridized carbons (Fsp3) is 0.444. The summed E-state index contributed by atoms with van der Waals surface area (Å²) in [5.74, 6) is -2.74. The van der Waals surface area contributed by atoms with Crippen LogP contribution < -0.4 is 10.4 Å². The lowest BCUT2D eigenvalue weighted by molar-refractivity contribution is -0.0494. The molecular weight excluding hydrogens is 332 g/mol. The largest absolute Gasteiger partial charge is 0.493 e. The first kappa shape index (κ1) is 17.4. The first-order valence-corrected chi connectivity index (χ1v) is 8.27. The Morgan fingerprint density at radius 3 is 2.68 bits per heavy atom. The van der Waals surface area contributed by atoms with Gasteiger partial charge in [0.2, 0.25) is 0 Å². The second-order valence-electron chi connectivity index (χ2n) is 6.14. The molecule has 1 fully saturated rings. The van der Waals surface area contributed by atoms with E-state index in [9.17, 15) is 18.4 Å². The zero-order chi connectivity index (χ0) is 18.0.